The average molecular weight is 317 g/mol. The average Bonchev–Trinajstić information content (AvgIpc) is 3.07. The van der Waals surface area contributed by atoms with Crippen LogP contribution in [0.5, 0.6) is 5.75 Å². The Labute approximate surface area is 138 Å². The van der Waals surface area contributed by atoms with Crippen LogP contribution >= 0.6 is 0 Å². The quantitative estimate of drug-likeness (QED) is 0.877. The lowest BCUT2D eigenvalue weighted by Crippen LogP contribution is -2.46. The van der Waals surface area contributed by atoms with Crippen LogP contribution in [-0.4, -0.2) is 36.2 Å². The molecule has 1 aliphatic heterocycles. The number of rotatable bonds is 5. The van der Waals surface area contributed by atoms with Crippen LogP contribution in [0.25, 0.3) is 0 Å². The maximum Gasteiger partial charge on any atom is 0.314 e. The van der Waals surface area contributed by atoms with E-state index in [1.807, 2.05) is 6.07 Å². The molecule has 5 nitrogen and oxygen atoms in total. The maximum atomic E-state index is 11.2. The fourth-order valence-electron chi connectivity index (χ4n) is 3.51. The molecule has 0 radical (unpaired) electrons. The highest BCUT2D eigenvalue weighted by molar-refractivity contribution is 5.72. The van der Waals surface area contributed by atoms with E-state index < -0.39 is 0 Å². The second-order valence-corrected chi connectivity index (χ2v) is 6.61. The van der Waals surface area contributed by atoms with Gasteiger partial charge in [-0.25, -0.2) is 4.79 Å². The van der Waals surface area contributed by atoms with E-state index in [2.05, 4.69) is 23.5 Å². The fourth-order valence-corrected chi connectivity index (χ4v) is 3.51. The Bertz CT molecular complexity index is 521. The van der Waals surface area contributed by atoms with Gasteiger partial charge in [0, 0.05) is 31.2 Å². The molecule has 23 heavy (non-hydrogen) atoms. The number of nitrogens with zero attached hydrogens (tertiary/aromatic N) is 1. The summed E-state index contributed by atoms with van der Waals surface area (Å²) in [7, 11) is 0. The van der Waals surface area contributed by atoms with Crippen molar-refractivity contribution in [3.05, 3.63) is 29.8 Å². The zero-order valence-corrected chi connectivity index (χ0v) is 13.7. The van der Waals surface area contributed by atoms with Crippen molar-refractivity contribution in [3.63, 3.8) is 0 Å². The summed E-state index contributed by atoms with van der Waals surface area (Å²) in [5.74, 6) is 1.02. The van der Waals surface area contributed by atoms with Gasteiger partial charge in [0.15, 0.2) is 0 Å². The molecule has 2 amide bonds. The lowest BCUT2D eigenvalue weighted by Gasteiger charge is -2.31. The number of primary amides is 1. The van der Waals surface area contributed by atoms with Gasteiger partial charge in [0.2, 0.25) is 0 Å². The number of ether oxygens (including phenoxy) is 1. The van der Waals surface area contributed by atoms with Crippen molar-refractivity contribution in [2.24, 2.45) is 5.73 Å². The molecule has 1 saturated heterocycles. The molecular formula is C18H27N3O2. The van der Waals surface area contributed by atoms with E-state index in [4.69, 9.17) is 10.5 Å². The minimum absolute atomic E-state index is 0.307. The van der Waals surface area contributed by atoms with Crippen LogP contribution in [-0.2, 0) is 6.54 Å². The predicted octanol–water partition coefficient (Wildman–Crippen LogP) is 2.64. The van der Waals surface area contributed by atoms with Gasteiger partial charge in [0.1, 0.15) is 5.75 Å². The Morgan fingerprint density at radius 1 is 1.17 bits per heavy atom. The van der Waals surface area contributed by atoms with E-state index in [0.29, 0.717) is 12.1 Å². The van der Waals surface area contributed by atoms with Crippen molar-refractivity contribution in [2.75, 3.05) is 13.1 Å². The van der Waals surface area contributed by atoms with E-state index in [9.17, 15) is 4.79 Å². The third-order valence-electron chi connectivity index (χ3n) is 4.96. The summed E-state index contributed by atoms with van der Waals surface area (Å²) in [6.07, 6.45) is 7.20. The molecule has 126 valence electrons. The summed E-state index contributed by atoms with van der Waals surface area (Å²) in [5, 5.41) is 3.60. The number of carbonyl (C=O) groups excluding carboxylic acids is 1. The summed E-state index contributed by atoms with van der Waals surface area (Å²) in [6.45, 7) is 2.30. The van der Waals surface area contributed by atoms with Gasteiger partial charge < -0.3 is 20.7 Å². The topological polar surface area (TPSA) is 67.6 Å². The van der Waals surface area contributed by atoms with Gasteiger partial charge in [-0.1, -0.05) is 18.2 Å². The molecule has 0 bridgehead atoms. The van der Waals surface area contributed by atoms with Gasteiger partial charge in [0.25, 0.3) is 0 Å². The first-order valence-electron chi connectivity index (χ1n) is 8.74. The lowest BCUT2D eigenvalue weighted by molar-refractivity contribution is 0.184. The van der Waals surface area contributed by atoms with Crippen LogP contribution in [0.2, 0.25) is 0 Å². The number of carbonyl (C=O) groups is 1. The van der Waals surface area contributed by atoms with Crippen LogP contribution in [0.1, 0.15) is 44.1 Å². The third-order valence-corrected chi connectivity index (χ3v) is 4.96. The van der Waals surface area contributed by atoms with Crippen molar-refractivity contribution in [2.45, 2.75) is 57.2 Å². The minimum Gasteiger partial charge on any atom is -0.490 e. The van der Waals surface area contributed by atoms with Crippen LogP contribution in [0, 0.1) is 0 Å². The molecule has 1 heterocycles. The zero-order chi connectivity index (χ0) is 16.1. The largest absolute Gasteiger partial charge is 0.490 e. The second-order valence-electron chi connectivity index (χ2n) is 6.61. The van der Waals surface area contributed by atoms with E-state index in [0.717, 1.165) is 38.2 Å². The molecule has 5 heteroatoms. The summed E-state index contributed by atoms with van der Waals surface area (Å²) in [5.41, 5.74) is 6.54. The first-order chi connectivity index (χ1) is 11.2. The number of hydrogen-bond donors (Lipinski definition) is 2. The maximum absolute atomic E-state index is 11.2. The molecule has 0 unspecified atom stereocenters. The Hall–Kier alpha value is -1.75. The highest BCUT2D eigenvalue weighted by Gasteiger charge is 2.21. The molecule has 0 aromatic heterocycles. The first kappa shape index (κ1) is 16.1. The smallest absolute Gasteiger partial charge is 0.314 e. The fraction of sp³-hybridized carbons (Fsp3) is 0.611. The molecular weight excluding hydrogens is 290 g/mol. The Kier molecular flexibility index (Phi) is 5.39. The molecule has 1 saturated carbocycles. The Morgan fingerprint density at radius 2 is 1.87 bits per heavy atom. The van der Waals surface area contributed by atoms with Crippen molar-refractivity contribution in [1.82, 2.24) is 10.2 Å². The number of nitrogens with two attached hydrogens (primary N) is 1. The Morgan fingerprint density at radius 3 is 2.57 bits per heavy atom. The number of urea groups is 1. The number of piperidine rings is 1. The van der Waals surface area contributed by atoms with Crippen molar-refractivity contribution in [3.8, 4) is 5.75 Å². The molecule has 2 fully saturated rings. The van der Waals surface area contributed by atoms with Gasteiger partial charge >= 0.3 is 6.03 Å². The van der Waals surface area contributed by atoms with Crippen LogP contribution in [0.15, 0.2) is 24.3 Å². The minimum atomic E-state index is -0.307. The summed E-state index contributed by atoms with van der Waals surface area (Å²) < 4.78 is 6.19. The molecule has 1 aromatic carbocycles. The van der Waals surface area contributed by atoms with Crippen LogP contribution < -0.4 is 15.8 Å². The molecule has 3 rings (SSSR count). The molecule has 2 aliphatic rings. The van der Waals surface area contributed by atoms with E-state index >= 15 is 0 Å². The summed E-state index contributed by atoms with van der Waals surface area (Å²) >= 11 is 0. The molecule has 3 N–H and O–H groups in total. The lowest BCUT2D eigenvalue weighted by atomic mass is 10.0. The second kappa shape index (κ2) is 7.68. The zero-order valence-electron chi connectivity index (χ0n) is 13.7. The number of para-hydroxylation sites is 1. The predicted molar refractivity (Wildman–Crippen MR) is 90.3 cm³/mol. The van der Waals surface area contributed by atoms with E-state index in [-0.39, 0.29) is 6.03 Å². The molecule has 0 spiro atoms. The first-order valence-corrected chi connectivity index (χ1v) is 8.74. The number of nitrogens with one attached hydrogen (secondary N) is 1. The van der Waals surface area contributed by atoms with Crippen molar-refractivity contribution < 1.29 is 9.53 Å². The number of benzene rings is 1. The van der Waals surface area contributed by atoms with Gasteiger partial charge in [-0.15, -0.1) is 0 Å². The van der Waals surface area contributed by atoms with Crippen molar-refractivity contribution >= 4 is 6.03 Å². The number of amides is 2. The van der Waals surface area contributed by atoms with E-state index in [1.54, 1.807) is 4.90 Å². The third kappa shape index (κ3) is 4.38. The van der Waals surface area contributed by atoms with Gasteiger partial charge in [-0.3, -0.25) is 0 Å². The van der Waals surface area contributed by atoms with Crippen LogP contribution in [0.4, 0.5) is 4.79 Å². The molecule has 1 aromatic rings. The normalized spacial score (nSPS) is 19.9. The SMILES string of the molecule is NC(=O)N1CCC(NCc2ccccc2OC2CCCC2)CC1. The van der Waals surface area contributed by atoms with E-state index in [1.165, 1.54) is 31.2 Å². The van der Waals surface area contributed by atoms with Crippen LogP contribution in [0.3, 0.4) is 0 Å². The highest BCUT2D eigenvalue weighted by atomic mass is 16.5. The number of hydrogen-bond acceptors (Lipinski definition) is 3. The number of likely N-dealkylation sites (tertiary alicyclic amines) is 1. The van der Waals surface area contributed by atoms with Crippen molar-refractivity contribution in [1.29, 1.82) is 0 Å². The van der Waals surface area contributed by atoms with Gasteiger partial charge in [-0.2, -0.15) is 0 Å². The summed E-state index contributed by atoms with van der Waals surface area (Å²) in [4.78, 5) is 12.9. The van der Waals surface area contributed by atoms with Gasteiger partial charge in [-0.05, 0) is 44.6 Å². The highest BCUT2D eigenvalue weighted by Crippen LogP contribution is 2.26. The standard InChI is InChI=1S/C18H27N3O2/c19-18(22)21-11-9-15(10-12-21)20-13-14-5-1-4-8-17(14)23-16-6-2-3-7-16/h1,4-5,8,15-16,20H,2-3,6-7,9-13H2,(H2,19,22). The molecule has 1 aliphatic carbocycles. The molecule has 0 atom stereocenters. The van der Waals surface area contributed by atoms with Gasteiger partial charge in [0.05, 0.1) is 6.10 Å². The Balaban J connectivity index is 1.51. The monoisotopic (exact) mass is 317 g/mol. The summed E-state index contributed by atoms with van der Waals surface area (Å²) in [6, 6.07) is 8.44.